The lowest BCUT2D eigenvalue weighted by Gasteiger charge is -2.30. The summed E-state index contributed by atoms with van der Waals surface area (Å²) < 4.78 is 10.0. The summed E-state index contributed by atoms with van der Waals surface area (Å²) in [6.45, 7) is 5.21. The molecule has 2 fully saturated rings. The van der Waals surface area contributed by atoms with Gasteiger partial charge >= 0.3 is 11.9 Å². The number of amides is 2. The number of β-lactam (4-membered cyclic amide) rings is 1. The fourth-order valence-corrected chi connectivity index (χ4v) is 3.85. The van der Waals surface area contributed by atoms with Crippen LogP contribution in [0, 0.1) is 10.1 Å². The van der Waals surface area contributed by atoms with Crippen LogP contribution in [0.15, 0.2) is 46.8 Å². The van der Waals surface area contributed by atoms with Crippen molar-refractivity contribution in [3.05, 3.63) is 62.5 Å². The molecule has 0 aromatic heterocycles. The Hall–Kier alpha value is -4.02. The number of hydrogen-bond donors (Lipinski definition) is 1. The Morgan fingerprint density at radius 1 is 1.18 bits per heavy atom. The zero-order valence-electron chi connectivity index (χ0n) is 18.5. The quantitative estimate of drug-likeness (QED) is 0.174. The third-order valence-corrected chi connectivity index (χ3v) is 5.48. The summed E-state index contributed by atoms with van der Waals surface area (Å²) in [6, 6.07) is 5.86. The van der Waals surface area contributed by atoms with E-state index in [1.54, 1.807) is 26.8 Å². The Morgan fingerprint density at radius 3 is 2.24 bits per heavy atom. The van der Waals surface area contributed by atoms with E-state index < -0.39 is 22.8 Å². The first kappa shape index (κ1) is 23.6. The molecule has 2 atom stereocenters. The van der Waals surface area contributed by atoms with Crippen LogP contribution in [0.2, 0.25) is 0 Å². The summed E-state index contributed by atoms with van der Waals surface area (Å²) in [7, 11) is 1.24. The number of dihydropyridines is 1. The molecule has 2 amide bonds. The van der Waals surface area contributed by atoms with E-state index in [1.807, 2.05) is 0 Å². The Bertz CT molecular complexity index is 1110. The van der Waals surface area contributed by atoms with Gasteiger partial charge in [-0.25, -0.2) is 9.59 Å². The van der Waals surface area contributed by atoms with Gasteiger partial charge in [-0.3, -0.25) is 24.6 Å². The monoisotopic (exact) mass is 457 g/mol. The van der Waals surface area contributed by atoms with Crippen molar-refractivity contribution in [2.45, 2.75) is 39.2 Å². The van der Waals surface area contributed by atoms with Crippen LogP contribution in [0.4, 0.5) is 5.69 Å². The van der Waals surface area contributed by atoms with Crippen LogP contribution in [-0.2, 0) is 28.7 Å². The highest BCUT2D eigenvalue weighted by molar-refractivity contribution is 6.20. The van der Waals surface area contributed by atoms with E-state index in [1.165, 1.54) is 30.2 Å². The highest BCUT2D eigenvalue weighted by Crippen LogP contribution is 2.40. The van der Waals surface area contributed by atoms with Crippen LogP contribution in [-0.4, -0.2) is 53.3 Å². The van der Waals surface area contributed by atoms with Crippen molar-refractivity contribution in [2.24, 2.45) is 0 Å². The summed E-state index contributed by atoms with van der Waals surface area (Å²) in [6.07, 6.45) is 0.471. The van der Waals surface area contributed by atoms with Crippen molar-refractivity contribution in [2.75, 3.05) is 13.7 Å². The predicted molar refractivity (Wildman–Crippen MR) is 113 cm³/mol. The van der Waals surface area contributed by atoms with Crippen molar-refractivity contribution in [3.8, 4) is 0 Å². The molecule has 3 aliphatic rings. The number of fused-ring (bicyclic) bond motifs is 1. The number of ether oxygens (including phenoxy) is 2. The molecule has 1 N–H and O–H groups in total. The molecular formula is C22H23N3O8. The highest BCUT2D eigenvalue weighted by atomic mass is 16.6. The average molecular weight is 457 g/mol. The lowest BCUT2D eigenvalue weighted by atomic mass is 9.80. The number of imide groups is 1. The molecular weight excluding hydrogens is 434 g/mol. The maximum absolute atomic E-state index is 12.5. The fraction of sp³-hybridized carbons (Fsp3) is 0.364. The number of carbonyl (C=O) groups excluding carboxylic acids is 4. The van der Waals surface area contributed by atoms with Gasteiger partial charge in [0.1, 0.15) is 6.04 Å². The maximum atomic E-state index is 12.5. The lowest BCUT2D eigenvalue weighted by molar-refractivity contribution is -0.384. The van der Waals surface area contributed by atoms with Gasteiger partial charge in [-0.2, -0.15) is 0 Å². The largest absolute Gasteiger partial charge is 0.466 e. The Labute approximate surface area is 189 Å². The van der Waals surface area contributed by atoms with Gasteiger partial charge in [-0.1, -0.05) is 12.1 Å². The first-order valence-corrected chi connectivity index (χ1v) is 10.2. The number of rotatable bonds is 5. The van der Waals surface area contributed by atoms with Crippen molar-refractivity contribution in [1.82, 2.24) is 10.2 Å². The Kier molecular flexibility index (Phi) is 6.61. The maximum Gasteiger partial charge on any atom is 0.336 e. The van der Waals surface area contributed by atoms with Gasteiger partial charge in [0.05, 0.1) is 42.1 Å². The smallest absolute Gasteiger partial charge is 0.336 e. The number of benzene rings is 1. The number of nitro groups is 1. The van der Waals surface area contributed by atoms with Crippen molar-refractivity contribution in [3.63, 3.8) is 0 Å². The second-order valence-electron chi connectivity index (χ2n) is 7.52. The molecule has 1 aromatic carbocycles. The number of non-ortho nitro benzene ring substituents is 1. The molecule has 11 heteroatoms. The molecule has 174 valence electrons. The average Bonchev–Trinajstić information content (AvgIpc) is 3.33. The third-order valence-electron chi connectivity index (χ3n) is 5.48. The van der Waals surface area contributed by atoms with Crippen LogP contribution in [0.25, 0.3) is 0 Å². The zero-order chi connectivity index (χ0) is 24.4. The molecule has 4 rings (SSSR count). The van der Waals surface area contributed by atoms with Gasteiger partial charge in [-0.05, 0) is 26.3 Å². The number of carbonyl (C=O) groups is 4. The molecule has 0 bridgehead atoms. The fourth-order valence-electron chi connectivity index (χ4n) is 3.85. The van der Waals surface area contributed by atoms with Crippen molar-refractivity contribution < 1.29 is 33.6 Å². The summed E-state index contributed by atoms with van der Waals surface area (Å²) in [5.41, 5.74) is 1.76. The van der Waals surface area contributed by atoms with Crippen LogP contribution < -0.4 is 5.32 Å². The van der Waals surface area contributed by atoms with Gasteiger partial charge in [0.25, 0.3) is 11.6 Å². The minimum absolute atomic E-state index is 0.00463. The predicted octanol–water partition coefficient (Wildman–Crippen LogP) is 1.69. The van der Waals surface area contributed by atoms with E-state index in [9.17, 15) is 29.3 Å². The summed E-state index contributed by atoms with van der Waals surface area (Å²) in [4.78, 5) is 57.2. The van der Waals surface area contributed by atoms with Crippen LogP contribution in [0.3, 0.4) is 0 Å². The van der Waals surface area contributed by atoms with Gasteiger partial charge in [-0.15, -0.1) is 0 Å². The number of nitrogens with zero attached hydrogens (tertiary/aromatic N) is 2. The molecule has 0 spiro atoms. The van der Waals surface area contributed by atoms with E-state index >= 15 is 0 Å². The summed E-state index contributed by atoms with van der Waals surface area (Å²) in [5, 5.41) is 14.1. The van der Waals surface area contributed by atoms with E-state index in [2.05, 4.69) is 5.32 Å². The molecule has 0 saturated carbocycles. The van der Waals surface area contributed by atoms with Crippen LogP contribution >= 0.6 is 0 Å². The number of nitrogens with one attached hydrogen (secondary N) is 1. The topological polar surface area (TPSA) is 145 Å². The van der Waals surface area contributed by atoms with Crippen LogP contribution in [0.5, 0.6) is 0 Å². The molecule has 3 heterocycles. The molecule has 1 aromatic rings. The van der Waals surface area contributed by atoms with Crippen molar-refractivity contribution >= 4 is 29.4 Å². The number of hydrogen-bond acceptors (Lipinski definition) is 9. The summed E-state index contributed by atoms with van der Waals surface area (Å²) in [5.74, 6) is -2.04. The minimum Gasteiger partial charge on any atom is -0.466 e. The van der Waals surface area contributed by atoms with E-state index in [0.29, 0.717) is 23.4 Å². The normalized spacial score (nSPS) is 20.7. The molecule has 2 unspecified atom stereocenters. The van der Waals surface area contributed by atoms with Gasteiger partial charge in [0.2, 0.25) is 5.91 Å². The number of esters is 2. The Morgan fingerprint density at radius 2 is 1.82 bits per heavy atom. The van der Waals surface area contributed by atoms with E-state index in [-0.39, 0.29) is 41.3 Å². The van der Waals surface area contributed by atoms with E-state index in [0.717, 1.165) is 0 Å². The first-order chi connectivity index (χ1) is 15.6. The van der Waals surface area contributed by atoms with Gasteiger partial charge in [0.15, 0.2) is 0 Å². The second-order valence-corrected chi connectivity index (χ2v) is 7.52. The highest BCUT2D eigenvalue weighted by Gasteiger charge is 2.60. The van der Waals surface area contributed by atoms with Gasteiger partial charge in [0, 0.05) is 23.5 Å². The molecule has 0 aliphatic carbocycles. The SMILES string of the molecule is CCOC(=O)C1=C(C)NC(C)=C(C(=O)OC)C1c1cccc([N+](=O)[O-])c1.O=C1CC2C(=O)N12. The number of methoxy groups -OCH3 is 1. The number of nitro benzene ring substituents is 1. The number of allylic oxidation sites excluding steroid dienone is 2. The zero-order valence-corrected chi connectivity index (χ0v) is 18.5. The van der Waals surface area contributed by atoms with E-state index in [4.69, 9.17) is 9.47 Å². The lowest BCUT2D eigenvalue weighted by Crippen LogP contribution is -2.32. The first-order valence-electron chi connectivity index (χ1n) is 10.2. The third kappa shape index (κ3) is 4.47. The molecule has 3 aliphatic heterocycles. The molecule has 11 nitrogen and oxygen atoms in total. The molecule has 33 heavy (non-hydrogen) atoms. The molecule has 2 saturated heterocycles. The second kappa shape index (κ2) is 9.23. The minimum atomic E-state index is -0.831. The Balaban J connectivity index is 0.000000364. The van der Waals surface area contributed by atoms with Crippen LogP contribution in [0.1, 0.15) is 38.7 Å². The summed E-state index contributed by atoms with van der Waals surface area (Å²) >= 11 is 0. The van der Waals surface area contributed by atoms with Gasteiger partial charge < -0.3 is 14.8 Å². The molecule has 0 radical (unpaired) electrons. The standard InChI is InChI=1S/C18H20N2O6.C4H3NO2/c1-5-26-18(22)15-11(3)19-10(2)14(17(21)25-4)16(15)12-7-6-8-13(9-12)20(23)24;6-3-1-2-4(7)5(2)3/h6-9,16,19H,5H2,1-4H3;2H,1H2. The van der Waals surface area contributed by atoms with Crippen molar-refractivity contribution in [1.29, 1.82) is 0 Å².